The first-order chi connectivity index (χ1) is 3.00. The fourth-order valence-corrected chi connectivity index (χ4v) is 0.372. The van der Waals surface area contributed by atoms with E-state index in [-0.39, 0.29) is 18.9 Å². The van der Waals surface area contributed by atoms with Gasteiger partial charge >= 0.3 is 18.9 Å². The molecule has 7 heavy (non-hydrogen) atoms. The second-order valence-corrected chi connectivity index (χ2v) is 1.13. The summed E-state index contributed by atoms with van der Waals surface area (Å²) >= 11 is 0. The van der Waals surface area contributed by atoms with E-state index >= 15 is 0 Å². The van der Waals surface area contributed by atoms with Crippen LogP contribution >= 0.6 is 0 Å². The van der Waals surface area contributed by atoms with Gasteiger partial charge in [0.15, 0.2) is 0 Å². The van der Waals surface area contributed by atoms with E-state index in [0.717, 1.165) is 6.54 Å². The second kappa shape index (κ2) is 4.05. The van der Waals surface area contributed by atoms with E-state index in [4.69, 9.17) is 0 Å². The second-order valence-electron chi connectivity index (χ2n) is 1.13. The molecule has 0 spiro atoms. The van der Waals surface area contributed by atoms with Crippen LogP contribution in [0.1, 0.15) is 0 Å². The van der Waals surface area contributed by atoms with Crippen molar-refractivity contribution < 1.29 is 18.9 Å². The maximum atomic E-state index is 3.91. The van der Waals surface area contributed by atoms with Crippen LogP contribution in [0.4, 0.5) is 0 Å². The van der Waals surface area contributed by atoms with E-state index in [1.165, 1.54) is 0 Å². The molecule has 0 unspecified atom stereocenters. The molecule has 1 heterocycles. The molecule has 0 bridgehead atoms. The van der Waals surface area contributed by atoms with Crippen molar-refractivity contribution in [3.8, 4) is 0 Å². The Kier molecular flexibility index (Phi) is 3.98. The van der Waals surface area contributed by atoms with Gasteiger partial charge in [0.2, 0.25) is 0 Å². The fourth-order valence-electron chi connectivity index (χ4n) is 0.372. The normalized spacial score (nSPS) is 14.9. The topological polar surface area (TPSA) is 14.1 Å². The van der Waals surface area contributed by atoms with Crippen LogP contribution in [0.15, 0.2) is 24.4 Å². The summed E-state index contributed by atoms with van der Waals surface area (Å²) in [6.07, 6.45) is 7.73. The summed E-state index contributed by atoms with van der Waals surface area (Å²) in [5.74, 6) is 0. The minimum Gasteiger partial charge on any atom is -0.687 e. The van der Waals surface area contributed by atoms with Crippen molar-refractivity contribution in [2.75, 3.05) is 6.54 Å². The quantitative estimate of drug-likeness (QED) is 0.317. The number of nitrogens with zero attached hydrogens (tertiary/aromatic N) is 1. The average molecular weight is 87.1 g/mol. The van der Waals surface area contributed by atoms with Crippen LogP contribution in [0.2, 0.25) is 0 Å². The van der Waals surface area contributed by atoms with Crippen molar-refractivity contribution in [1.82, 2.24) is 0 Å². The molecule has 1 aliphatic rings. The molecular weight excluding hydrogens is 81.0 g/mol. The zero-order valence-electron chi connectivity index (χ0n) is 4.46. The van der Waals surface area contributed by atoms with Gasteiger partial charge in [-0.15, -0.1) is 12.6 Å². The Morgan fingerprint density at radius 3 is 2.29 bits per heavy atom. The van der Waals surface area contributed by atoms with E-state index in [2.05, 4.69) is 5.32 Å². The van der Waals surface area contributed by atoms with Crippen molar-refractivity contribution in [3.05, 3.63) is 29.7 Å². The molecule has 0 aromatic rings. The SMILES string of the molecule is C1=CC[N-]C=C1.[Li+]. The largest absolute Gasteiger partial charge is 1.00 e. The van der Waals surface area contributed by atoms with Gasteiger partial charge in [0.25, 0.3) is 0 Å². The molecule has 0 amide bonds. The molecule has 0 saturated carbocycles. The number of hydrogen-bond donors (Lipinski definition) is 0. The first-order valence-corrected chi connectivity index (χ1v) is 1.98. The van der Waals surface area contributed by atoms with Gasteiger partial charge in [-0.1, -0.05) is 12.2 Å². The van der Waals surface area contributed by atoms with Crippen molar-refractivity contribution in [2.45, 2.75) is 0 Å². The molecule has 1 aliphatic heterocycles. The van der Waals surface area contributed by atoms with Crippen LogP contribution in [-0.2, 0) is 0 Å². The first-order valence-electron chi connectivity index (χ1n) is 1.98. The Hall–Kier alpha value is -0.123. The van der Waals surface area contributed by atoms with E-state index in [1.807, 2.05) is 18.2 Å². The summed E-state index contributed by atoms with van der Waals surface area (Å²) in [6, 6.07) is 0. The maximum Gasteiger partial charge on any atom is 1.00 e. The molecule has 0 aromatic carbocycles. The van der Waals surface area contributed by atoms with Gasteiger partial charge in [-0.2, -0.15) is 6.20 Å². The third kappa shape index (κ3) is 2.56. The Labute approximate surface area is 55.7 Å². The van der Waals surface area contributed by atoms with Crippen molar-refractivity contribution >= 4 is 0 Å². The van der Waals surface area contributed by atoms with Gasteiger partial charge in [-0.05, 0) is 0 Å². The number of rotatable bonds is 0. The monoisotopic (exact) mass is 87.1 g/mol. The van der Waals surface area contributed by atoms with E-state index in [9.17, 15) is 0 Å². The zero-order valence-corrected chi connectivity index (χ0v) is 4.46. The summed E-state index contributed by atoms with van der Waals surface area (Å²) in [7, 11) is 0. The van der Waals surface area contributed by atoms with Crippen LogP contribution in [-0.4, -0.2) is 6.54 Å². The molecule has 0 atom stereocenters. The molecule has 0 fully saturated rings. The molecule has 0 radical (unpaired) electrons. The van der Waals surface area contributed by atoms with Crippen LogP contribution < -0.4 is 18.9 Å². The van der Waals surface area contributed by atoms with Gasteiger partial charge in [0, 0.05) is 0 Å². The van der Waals surface area contributed by atoms with Crippen LogP contribution in [0.5, 0.6) is 0 Å². The number of allylic oxidation sites excluding steroid dienone is 2. The summed E-state index contributed by atoms with van der Waals surface area (Å²) in [4.78, 5) is 0. The molecule has 1 rings (SSSR count). The molecule has 0 aliphatic carbocycles. The summed E-state index contributed by atoms with van der Waals surface area (Å²) in [5, 5.41) is 3.91. The van der Waals surface area contributed by atoms with Gasteiger partial charge in [0.1, 0.15) is 0 Å². The molecule has 0 aromatic heterocycles. The van der Waals surface area contributed by atoms with E-state index in [0.29, 0.717) is 0 Å². The third-order valence-electron chi connectivity index (χ3n) is 0.649. The molecular formula is C5H6LiN. The third-order valence-corrected chi connectivity index (χ3v) is 0.649. The first kappa shape index (κ1) is 6.88. The molecule has 32 valence electrons. The Balaban J connectivity index is 0.000000360. The minimum absolute atomic E-state index is 0. The van der Waals surface area contributed by atoms with Crippen LogP contribution in [0.3, 0.4) is 0 Å². The van der Waals surface area contributed by atoms with Crippen molar-refractivity contribution in [2.24, 2.45) is 0 Å². The maximum absolute atomic E-state index is 3.91. The van der Waals surface area contributed by atoms with E-state index < -0.39 is 0 Å². The summed E-state index contributed by atoms with van der Waals surface area (Å²) in [6.45, 7) is 0.858. The molecule has 1 nitrogen and oxygen atoms in total. The van der Waals surface area contributed by atoms with Crippen molar-refractivity contribution in [3.63, 3.8) is 0 Å². The van der Waals surface area contributed by atoms with Crippen molar-refractivity contribution in [1.29, 1.82) is 0 Å². The van der Waals surface area contributed by atoms with Gasteiger partial charge in [-0.3, -0.25) is 0 Å². The standard InChI is InChI=1S/C5H6N.Li/c1-2-4-6-5-3-1;/h1-4H,5H2;/q-1;+1. The van der Waals surface area contributed by atoms with E-state index in [1.54, 1.807) is 6.20 Å². The Bertz CT molecular complexity index is 74.1. The Morgan fingerprint density at radius 2 is 2.14 bits per heavy atom. The zero-order chi connectivity index (χ0) is 4.24. The average Bonchev–Trinajstić information content (AvgIpc) is 1.72. The van der Waals surface area contributed by atoms with Gasteiger partial charge in [0.05, 0.1) is 0 Å². The summed E-state index contributed by atoms with van der Waals surface area (Å²) < 4.78 is 0. The fraction of sp³-hybridized carbons (Fsp3) is 0.200. The van der Waals surface area contributed by atoms with Gasteiger partial charge < -0.3 is 5.32 Å². The summed E-state index contributed by atoms with van der Waals surface area (Å²) in [5.41, 5.74) is 0. The number of hydrogen-bond acceptors (Lipinski definition) is 0. The minimum atomic E-state index is 0. The van der Waals surface area contributed by atoms with Gasteiger partial charge in [-0.25, -0.2) is 0 Å². The van der Waals surface area contributed by atoms with Crippen LogP contribution in [0.25, 0.3) is 5.32 Å². The Morgan fingerprint density at radius 1 is 1.29 bits per heavy atom. The smallest absolute Gasteiger partial charge is 0.687 e. The molecule has 0 saturated heterocycles. The predicted molar refractivity (Wildman–Crippen MR) is 26.5 cm³/mol. The predicted octanol–water partition coefficient (Wildman–Crippen LogP) is -1.55. The molecule has 0 N–H and O–H groups in total. The molecule has 2 heteroatoms. The van der Waals surface area contributed by atoms with Crippen LogP contribution in [0, 0.1) is 0 Å².